The van der Waals surface area contributed by atoms with Crippen LogP contribution in [-0.2, 0) is 17.5 Å². The van der Waals surface area contributed by atoms with Crippen molar-refractivity contribution in [3.05, 3.63) is 71.3 Å². The zero-order valence-corrected chi connectivity index (χ0v) is 17.0. The highest BCUT2D eigenvalue weighted by atomic mass is 19.4. The zero-order valence-electron chi connectivity index (χ0n) is 17.0. The van der Waals surface area contributed by atoms with Gasteiger partial charge in [-0.2, -0.15) is 13.2 Å². The summed E-state index contributed by atoms with van der Waals surface area (Å²) in [7, 11) is 0. The number of halogens is 3. The molecule has 0 aromatic heterocycles. The Labute approximate surface area is 179 Å². The SMILES string of the molecule is O=C(c1ccc(C(F)(F)F)cc1)C1CC2CCCC(C1)N2C(=O)OCc1ccccc1. The van der Waals surface area contributed by atoms with E-state index in [4.69, 9.17) is 4.74 Å². The van der Waals surface area contributed by atoms with Crippen LogP contribution in [0.4, 0.5) is 18.0 Å². The van der Waals surface area contributed by atoms with E-state index in [2.05, 4.69) is 0 Å². The second kappa shape index (κ2) is 8.73. The Morgan fingerprint density at radius 1 is 0.935 bits per heavy atom. The summed E-state index contributed by atoms with van der Waals surface area (Å²) in [5.41, 5.74) is 0.432. The van der Waals surface area contributed by atoms with Crippen molar-refractivity contribution < 1.29 is 27.5 Å². The van der Waals surface area contributed by atoms with Crippen LogP contribution in [-0.4, -0.2) is 28.9 Å². The first kappa shape index (κ1) is 21.4. The molecule has 31 heavy (non-hydrogen) atoms. The van der Waals surface area contributed by atoms with Gasteiger partial charge in [0.2, 0.25) is 0 Å². The third-order valence-corrected chi connectivity index (χ3v) is 6.26. The predicted molar refractivity (Wildman–Crippen MR) is 108 cm³/mol. The van der Waals surface area contributed by atoms with Crippen molar-refractivity contribution in [3.63, 3.8) is 0 Å². The number of ketones is 1. The molecule has 164 valence electrons. The van der Waals surface area contributed by atoms with Crippen LogP contribution in [0.2, 0.25) is 0 Å². The molecule has 2 aliphatic heterocycles. The quantitative estimate of drug-likeness (QED) is 0.570. The molecule has 2 bridgehead atoms. The monoisotopic (exact) mass is 431 g/mol. The van der Waals surface area contributed by atoms with Crippen molar-refractivity contribution in [3.8, 4) is 0 Å². The minimum Gasteiger partial charge on any atom is -0.445 e. The molecule has 0 spiro atoms. The number of piperidine rings is 2. The van der Waals surface area contributed by atoms with Gasteiger partial charge in [0.25, 0.3) is 0 Å². The van der Waals surface area contributed by atoms with Gasteiger partial charge in [0, 0.05) is 23.6 Å². The van der Waals surface area contributed by atoms with Crippen molar-refractivity contribution in [1.29, 1.82) is 0 Å². The summed E-state index contributed by atoms with van der Waals surface area (Å²) in [6, 6.07) is 13.7. The third kappa shape index (κ3) is 4.75. The van der Waals surface area contributed by atoms with E-state index in [0.717, 1.165) is 37.0 Å². The van der Waals surface area contributed by atoms with Crippen molar-refractivity contribution in [2.24, 2.45) is 5.92 Å². The van der Waals surface area contributed by atoms with Crippen LogP contribution < -0.4 is 0 Å². The minimum absolute atomic E-state index is 0.0841. The molecular weight excluding hydrogens is 407 g/mol. The maximum atomic E-state index is 13.0. The number of benzene rings is 2. The Morgan fingerprint density at radius 2 is 1.55 bits per heavy atom. The van der Waals surface area contributed by atoms with E-state index in [0.29, 0.717) is 12.8 Å². The van der Waals surface area contributed by atoms with E-state index >= 15 is 0 Å². The van der Waals surface area contributed by atoms with Crippen LogP contribution >= 0.6 is 0 Å². The van der Waals surface area contributed by atoms with E-state index < -0.39 is 11.7 Å². The van der Waals surface area contributed by atoms with E-state index in [-0.39, 0.29) is 42.0 Å². The van der Waals surface area contributed by atoms with Crippen molar-refractivity contribution in [2.45, 2.75) is 57.0 Å². The fraction of sp³-hybridized carbons (Fsp3) is 0.417. The van der Waals surface area contributed by atoms with Gasteiger partial charge in [-0.3, -0.25) is 4.79 Å². The summed E-state index contributed by atoms with van der Waals surface area (Å²) >= 11 is 0. The molecule has 2 aliphatic rings. The summed E-state index contributed by atoms with van der Waals surface area (Å²) in [6.45, 7) is 0.198. The molecule has 0 aliphatic carbocycles. The molecule has 4 nitrogen and oxygen atoms in total. The number of hydrogen-bond donors (Lipinski definition) is 0. The number of hydrogen-bond acceptors (Lipinski definition) is 3. The second-order valence-corrected chi connectivity index (χ2v) is 8.29. The lowest BCUT2D eigenvalue weighted by Crippen LogP contribution is -2.55. The molecule has 2 saturated heterocycles. The fourth-order valence-corrected chi connectivity index (χ4v) is 4.75. The second-order valence-electron chi connectivity index (χ2n) is 8.29. The van der Waals surface area contributed by atoms with Crippen LogP contribution in [0.5, 0.6) is 0 Å². The van der Waals surface area contributed by atoms with E-state index in [9.17, 15) is 22.8 Å². The Kier molecular flexibility index (Phi) is 6.03. The van der Waals surface area contributed by atoms with Gasteiger partial charge in [0.05, 0.1) is 5.56 Å². The minimum atomic E-state index is -4.43. The van der Waals surface area contributed by atoms with Gasteiger partial charge >= 0.3 is 12.3 Å². The van der Waals surface area contributed by atoms with Crippen LogP contribution in [0.1, 0.15) is 53.6 Å². The van der Waals surface area contributed by atoms with Gasteiger partial charge in [-0.05, 0) is 49.8 Å². The van der Waals surface area contributed by atoms with Gasteiger partial charge in [-0.1, -0.05) is 42.5 Å². The zero-order chi connectivity index (χ0) is 22.0. The number of rotatable bonds is 4. The lowest BCUT2D eigenvalue weighted by molar-refractivity contribution is -0.137. The first-order chi connectivity index (χ1) is 14.8. The average molecular weight is 431 g/mol. The van der Waals surface area contributed by atoms with Crippen LogP contribution in [0.25, 0.3) is 0 Å². The van der Waals surface area contributed by atoms with Crippen LogP contribution in [0, 0.1) is 5.92 Å². The summed E-state index contributed by atoms with van der Waals surface area (Å²) in [5.74, 6) is -0.451. The molecule has 2 aromatic rings. The van der Waals surface area contributed by atoms with Crippen LogP contribution in [0.15, 0.2) is 54.6 Å². The number of carbonyl (C=O) groups is 2. The average Bonchev–Trinajstić information content (AvgIpc) is 2.76. The third-order valence-electron chi connectivity index (χ3n) is 6.26. The Morgan fingerprint density at radius 3 is 2.13 bits per heavy atom. The Bertz CT molecular complexity index is 913. The molecule has 0 radical (unpaired) electrons. The first-order valence-electron chi connectivity index (χ1n) is 10.5. The van der Waals surface area contributed by atoms with Crippen molar-refractivity contribution in [2.75, 3.05) is 0 Å². The van der Waals surface area contributed by atoms with Gasteiger partial charge in [0.15, 0.2) is 5.78 Å². The van der Waals surface area contributed by atoms with E-state index in [1.807, 2.05) is 30.3 Å². The lowest BCUT2D eigenvalue weighted by atomic mass is 9.76. The van der Waals surface area contributed by atoms with Crippen molar-refractivity contribution in [1.82, 2.24) is 4.90 Å². The largest absolute Gasteiger partial charge is 0.445 e. The normalized spacial score (nSPS) is 23.3. The highest BCUT2D eigenvalue weighted by Gasteiger charge is 2.43. The number of alkyl halides is 3. The number of fused-ring (bicyclic) bond motifs is 2. The van der Waals surface area contributed by atoms with Gasteiger partial charge in [0.1, 0.15) is 6.61 Å². The maximum Gasteiger partial charge on any atom is 0.416 e. The number of carbonyl (C=O) groups excluding carboxylic acids is 2. The number of Topliss-reactive ketones (excluding diaryl/α,β-unsaturated/α-hetero) is 1. The predicted octanol–water partition coefficient (Wildman–Crippen LogP) is 5.86. The molecule has 7 heteroatoms. The molecular formula is C24H24F3NO3. The topological polar surface area (TPSA) is 46.6 Å². The van der Waals surface area contributed by atoms with Gasteiger partial charge in [-0.15, -0.1) is 0 Å². The molecule has 0 N–H and O–H groups in total. The lowest BCUT2D eigenvalue weighted by Gasteiger charge is -2.47. The molecule has 0 saturated carbocycles. The van der Waals surface area contributed by atoms with Crippen LogP contribution in [0.3, 0.4) is 0 Å². The molecule has 2 fully saturated rings. The fourth-order valence-electron chi connectivity index (χ4n) is 4.75. The first-order valence-corrected chi connectivity index (χ1v) is 10.5. The van der Waals surface area contributed by atoms with Gasteiger partial charge < -0.3 is 9.64 Å². The number of amides is 1. The van der Waals surface area contributed by atoms with Crippen molar-refractivity contribution >= 4 is 11.9 Å². The maximum absolute atomic E-state index is 13.0. The number of nitrogens with zero attached hydrogens (tertiary/aromatic N) is 1. The molecule has 2 unspecified atom stereocenters. The molecule has 2 heterocycles. The Balaban J connectivity index is 1.41. The standard InChI is InChI=1S/C24H24F3NO3/c25-24(26,27)19-11-9-17(10-12-19)22(29)18-13-20-7-4-8-21(14-18)28(20)23(30)31-15-16-5-2-1-3-6-16/h1-3,5-6,9-12,18,20-21H,4,7-8,13-15H2. The molecule has 2 aromatic carbocycles. The molecule has 2 atom stereocenters. The van der Waals surface area contributed by atoms with Gasteiger partial charge in [-0.25, -0.2) is 4.79 Å². The smallest absolute Gasteiger partial charge is 0.416 e. The Hall–Kier alpha value is -2.83. The summed E-state index contributed by atoms with van der Waals surface area (Å²) < 4.78 is 43.9. The summed E-state index contributed by atoms with van der Waals surface area (Å²) in [4.78, 5) is 27.5. The highest BCUT2D eigenvalue weighted by molar-refractivity contribution is 5.98. The van der Waals surface area contributed by atoms with E-state index in [1.165, 1.54) is 12.1 Å². The summed E-state index contributed by atoms with van der Waals surface area (Å²) in [6.07, 6.45) is -1.18. The highest BCUT2D eigenvalue weighted by Crippen LogP contribution is 2.39. The van der Waals surface area contributed by atoms with E-state index in [1.54, 1.807) is 4.90 Å². The molecule has 1 amide bonds. The summed E-state index contributed by atoms with van der Waals surface area (Å²) in [5, 5.41) is 0. The number of ether oxygens (including phenoxy) is 1. The molecule has 4 rings (SSSR count).